The van der Waals surface area contributed by atoms with Crippen molar-refractivity contribution in [2.45, 2.75) is 31.8 Å². The quantitative estimate of drug-likeness (QED) is 0.632. The predicted molar refractivity (Wildman–Crippen MR) is 75.3 cm³/mol. The summed E-state index contributed by atoms with van der Waals surface area (Å²) in [6.45, 7) is 0.393. The SMILES string of the molecule is NC(CC1CC1)C(=O)NCc1ccc(NC(=O)O)cc1. The molecule has 1 atom stereocenters. The third-order valence-electron chi connectivity index (χ3n) is 3.29. The van der Waals surface area contributed by atoms with Gasteiger partial charge in [0.15, 0.2) is 0 Å². The largest absolute Gasteiger partial charge is 0.465 e. The van der Waals surface area contributed by atoms with Crippen LogP contribution < -0.4 is 16.4 Å². The molecule has 20 heavy (non-hydrogen) atoms. The van der Waals surface area contributed by atoms with Crippen molar-refractivity contribution in [2.24, 2.45) is 11.7 Å². The maximum Gasteiger partial charge on any atom is 0.409 e. The third kappa shape index (κ3) is 4.55. The Hall–Kier alpha value is -2.08. The van der Waals surface area contributed by atoms with E-state index in [1.807, 2.05) is 0 Å². The van der Waals surface area contributed by atoms with Crippen molar-refractivity contribution in [3.63, 3.8) is 0 Å². The predicted octanol–water partition coefficient (Wildman–Crippen LogP) is 1.52. The molecule has 2 amide bonds. The Morgan fingerprint density at radius 1 is 1.30 bits per heavy atom. The first-order chi connectivity index (χ1) is 9.54. The molecule has 2 rings (SSSR count). The summed E-state index contributed by atoms with van der Waals surface area (Å²) < 4.78 is 0. The lowest BCUT2D eigenvalue weighted by atomic mass is 10.1. The van der Waals surface area contributed by atoms with Crippen LogP contribution in [0.25, 0.3) is 0 Å². The smallest absolute Gasteiger partial charge is 0.409 e. The van der Waals surface area contributed by atoms with E-state index in [4.69, 9.17) is 10.8 Å². The molecule has 5 N–H and O–H groups in total. The summed E-state index contributed by atoms with van der Waals surface area (Å²) in [7, 11) is 0. The highest BCUT2D eigenvalue weighted by Crippen LogP contribution is 2.33. The van der Waals surface area contributed by atoms with Crippen LogP contribution in [-0.2, 0) is 11.3 Å². The number of benzene rings is 1. The van der Waals surface area contributed by atoms with Crippen LogP contribution in [0.5, 0.6) is 0 Å². The molecule has 1 aliphatic rings. The lowest BCUT2D eigenvalue weighted by Crippen LogP contribution is -2.40. The number of carbonyl (C=O) groups excluding carboxylic acids is 1. The lowest BCUT2D eigenvalue weighted by molar-refractivity contribution is -0.122. The summed E-state index contributed by atoms with van der Waals surface area (Å²) in [5.41, 5.74) is 7.21. The van der Waals surface area contributed by atoms with Gasteiger partial charge in [-0.1, -0.05) is 25.0 Å². The third-order valence-corrected chi connectivity index (χ3v) is 3.29. The molecule has 1 aliphatic carbocycles. The van der Waals surface area contributed by atoms with Crippen LogP contribution in [0.1, 0.15) is 24.8 Å². The normalized spacial score (nSPS) is 15.4. The van der Waals surface area contributed by atoms with Crippen LogP contribution in [0.4, 0.5) is 10.5 Å². The Bertz CT molecular complexity index is 483. The molecular weight excluding hydrogens is 258 g/mol. The van der Waals surface area contributed by atoms with Gasteiger partial charge in [-0.15, -0.1) is 0 Å². The molecule has 0 saturated heterocycles. The van der Waals surface area contributed by atoms with Gasteiger partial charge in [-0.05, 0) is 30.0 Å². The van der Waals surface area contributed by atoms with E-state index in [0.29, 0.717) is 18.2 Å². The minimum atomic E-state index is -1.10. The number of nitrogens with two attached hydrogens (primary N) is 1. The van der Waals surface area contributed by atoms with Crippen molar-refractivity contribution in [3.8, 4) is 0 Å². The molecule has 1 saturated carbocycles. The maximum absolute atomic E-state index is 11.8. The fourth-order valence-corrected chi connectivity index (χ4v) is 1.97. The average Bonchev–Trinajstić information content (AvgIpc) is 3.20. The molecule has 0 spiro atoms. The Balaban J connectivity index is 1.77. The van der Waals surface area contributed by atoms with Crippen LogP contribution >= 0.6 is 0 Å². The number of carbonyl (C=O) groups is 2. The van der Waals surface area contributed by atoms with Crippen LogP contribution in [0.15, 0.2) is 24.3 Å². The van der Waals surface area contributed by atoms with Gasteiger partial charge in [0.1, 0.15) is 0 Å². The van der Waals surface area contributed by atoms with E-state index in [-0.39, 0.29) is 5.91 Å². The van der Waals surface area contributed by atoms with E-state index in [1.54, 1.807) is 24.3 Å². The average molecular weight is 277 g/mol. The number of nitrogens with one attached hydrogen (secondary N) is 2. The van der Waals surface area contributed by atoms with Crippen molar-refractivity contribution < 1.29 is 14.7 Å². The standard InChI is InChI=1S/C14H19N3O3/c15-12(7-9-1-2-9)13(18)16-8-10-3-5-11(6-4-10)17-14(19)20/h3-6,9,12,17H,1-2,7-8,15H2,(H,16,18)(H,19,20). The van der Waals surface area contributed by atoms with Gasteiger partial charge >= 0.3 is 6.09 Å². The Morgan fingerprint density at radius 2 is 1.95 bits per heavy atom. The van der Waals surface area contributed by atoms with Gasteiger partial charge in [0.25, 0.3) is 0 Å². The van der Waals surface area contributed by atoms with E-state index in [0.717, 1.165) is 12.0 Å². The van der Waals surface area contributed by atoms with Crippen molar-refractivity contribution in [2.75, 3.05) is 5.32 Å². The number of hydrogen-bond donors (Lipinski definition) is 4. The summed E-state index contributed by atoms with van der Waals surface area (Å²) in [6, 6.07) is 6.39. The molecule has 108 valence electrons. The first-order valence-corrected chi connectivity index (χ1v) is 6.67. The topological polar surface area (TPSA) is 104 Å². The Morgan fingerprint density at radius 3 is 2.50 bits per heavy atom. The first-order valence-electron chi connectivity index (χ1n) is 6.67. The number of anilines is 1. The van der Waals surface area contributed by atoms with Crippen molar-refractivity contribution in [3.05, 3.63) is 29.8 Å². The molecular formula is C14H19N3O3. The number of rotatable bonds is 6. The number of carboxylic acid groups (broad SMARTS) is 1. The zero-order chi connectivity index (χ0) is 14.5. The highest BCUT2D eigenvalue weighted by Gasteiger charge is 2.26. The number of hydrogen-bond acceptors (Lipinski definition) is 3. The van der Waals surface area contributed by atoms with Gasteiger partial charge in [0, 0.05) is 12.2 Å². The molecule has 0 aliphatic heterocycles. The lowest BCUT2D eigenvalue weighted by Gasteiger charge is -2.12. The van der Waals surface area contributed by atoms with Crippen molar-refractivity contribution >= 4 is 17.7 Å². The van der Waals surface area contributed by atoms with Gasteiger partial charge in [-0.25, -0.2) is 4.79 Å². The Labute approximate surface area is 117 Å². The van der Waals surface area contributed by atoms with Gasteiger partial charge < -0.3 is 16.2 Å². The van der Waals surface area contributed by atoms with Crippen LogP contribution in [0.3, 0.4) is 0 Å². The number of amides is 2. The second-order valence-electron chi connectivity index (χ2n) is 5.13. The van der Waals surface area contributed by atoms with E-state index < -0.39 is 12.1 Å². The molecule has 0 heterocycles. The molecule has 1 fully saturated rings. The highest BCUT2D eigenvalue weighted by molar-refractivity contribution is 5.83. The van der Waals surface area contributed by atoms with Crippen LogP contribution in [0, 0.1) is 5.92 Å². The summed E-state index contributed by atoms with van der Waals surface area (Å²) in [6.07, 6.45) is 2.02. The minimum Gasteiger partial charge on any atom is -0.465 e. The van der Waals surface area contributed by atoms with E-state index in [1.165, 1.54) is 12.8 Å². The zero-order valence-electron chi connectivity index (χ0n) is 11.1. The van der Waals surface area contributed by atoms with E-state index in [9.17, 15) is 9.59 Å². The van der Waals surface area contributed by atoms with Crippen LogP contribution in [-0.4, -0.2) is 23.1 Å². The molecule has 6 nitrogen and oxygen atoms in total. The summed E-state index contributed by atoms with van der Waals surface area (Å²) >= 11 is 0. The second-order valence-corrected chi connectivity index (χ2v) is 5.13. The van der Waals surface area contributed by atoms with Gasteiger partial charge in [-0.2, -0.15) is 0 Å². The van der Waals surface area contributed by atoms with E-state index >= 15 is 0 Å². The zero-order valence-corrected chi connectivity index (χ0v) is 11.1. The molecule has 0 bridgehead atoms. The summed E-state index contributed by atoms with van der Waals surface area (Å²) in [5, 5.41) is 13.6. The van der Waals surface area contributed by atoms with Gasteiger partial charge in [0.05, 0.1) is 6.04 Å². The van der Waals surface area contributed by atoms with Gasteiger partial charge in [0.2, 0.25) is 5.91 Å². The molecule has 6 heteroatoms. The van der Waals surface area contributed by atoms with Gasteiger partial charge in [-0.3, -0.25) is 10.1 Å². The van der Waals surface area contributed by atoms with E-state index in [2.05, 4.69) is 10.6 Å². The maximum atomic E-state index is 11.8. The Kier molecular flexibility index (Phi) is 4.57. The molecule has 0 radical (unpaired) electrons. The van der Waals surface area contributed by atoms with Crippen molar-refractivity contribution in [1.29, 1.82) is 0 Å². The molecule has 1 unspecified atom stereocenters. The molecule has 1 aromatic rings. The van der Waals surface area contributed by atoms with Crippen LogP contribution in [0.2, 0.25) is 0 Å². The van der Waals surface area contributed by atoms with Crippen molar-refractivity contribution in [1.82, 2.24) is 5.32 Å². The first kappa shape index (κ1) is 14.3. The summed E-state index contributed by atoms with van der Waals surface area (Å²) in [5.74, 6) is 0.488. The second kappa shape index (κ2) is 6.38. The molecule has 1 aromatic carbocycles. The summed E-state index contributed by atoms with van der Waals surface area (Å²) in [4.78, 5) is 22.2. The highest BCUT2D eigenvalue weighted by atomic mass is 16.4. The monoisotopic (exact) mass is 277 g/mol. The molecule has 0 aromatic heterocycles. The fourth-order valence-electron chi connectivity index (χ4n) is 1.97. The minimum absolute atomic E-state index is 0.135. The fraction of sp³-hybridized carbons (Fsp3) is 0.429.